The molecule has 1 unspecified atom stereocenters. The van der Waals surface area contributed by atoms with E-state index < -0.39 is 5.82 Å². The summed E-state index contributed by atoms with van der Waals surface area (Å²) in [5.41, 5.74) is 2.30. The maximum atomic E-state index is 14.5. The number of halogens is 2. The van der Waals surface area contributed by atoms with E-state index in [0.717, 1.165) is 25.9 Å². The van der Waals surface area contributed by atoms with Crippen molar-refractivity contribution in [3.8, 4) is 34.3 Å². The van der Waals surface area contributed by atoms with Gasteiger partial charge in [-0.3, -0.25) is 0 Å². The van der Waals surface area contributed by atoms with Crippen molar-refractivity contribution < 1.29 is 13.5 Å². The first-order chi connectivity index (χ1) is 15.9. The zero-order chi connectivity index (χ0) is 23.5. The molecule has 4 rings (SSSR count). The molecule has 2 heterocycles. The Hall–Kier alpha value is -3.57. The van der Waals surface area contributed by atoms with E-state index in [2.05, 4.69) is 15.2 Å². The number of benzene rings is 2. The van der Waals surface area contributed by atoms with E-state index >= 15 is 0 Å². The van der Waals surface area contributed by atoms with Crippen molar-refractivity contribution in [2.45, 2.75) is 25.8 Å². The van der Waals surface area contributed by atoms with Gasteiger partial charge in [0.2, 0.25) is 11.8 Å². The molecule has 8 heteroatoms. The number of nitrogens with zero attached hydrogens (tertiary/aromatic N) is 4. The summed E-state index contributed by atoms with van der Waals surface area (Å²) >= 11 is 0. The number of nitrogens with one attached hydrogen (secondary N) is 1. The van der Waals surface area contributed by atoms with Gasteiger partial charge < -0.3 is 15.0 Å². The van der Waals surface area contributed by atoms with E-state index in [1.807, 2.05) is 13.1 Å². The summed E-state index contributed by atoms with van der Waals surface area (Å²) in [6.07, 6.45) is 2.03. The monoisotopic (exact) mass is 449 g/mol. The standard InChI is InChI=1S/C25H25F2N5O/c1-15-6-7-16(11-20(15)26)22-23(17-8-9-18(13-28)21(27)12-17)30-25(31-24(22)33-3)32-10-4-5-19(14-32)29-2/h6-9,11-12,19,29H,4-5,10,14H2,1-3H3. The molecule has 0 bridgehead atoms. The van der Waals surface area contributed by atoms with Gasteiger partial charge in [-0.1, -0.05) is 18.2 Å². The maximum Gasteiger partial charge on any atom is 0.229 e. The van der Waals surface area contributed by atoms with Crippen molar-refractivity contribution in [3.05, 3.63) is 59.2 Å². The lowest BCUT2D eigenvalue weighted by Crippen LogP contribution is -2.45. The summed E-state index contributed by atoms with van der Waals surface area (Å²) in [4.78, 5) is 11.5. The summed E-state index contributed by atoms with van der Waals surface area (Å²) in [7, 11) is 3.42. The first-order valence-electron chi connectivity index (χ1n) is 10.8. The Bertz CT molecular complexity index is 1220. The first-order valence-corrected chi connectivity index (χ1v) is 10.8. The fraction of sp³-hybridized carbons (Fsp3) is 0.320. The van der Waals surface area contributed by atoms with Gasteiger partial charge in [0.15, 0.2) is 0 Å². The maximum absolute atomic E-state index is 14.5. The van der Waals surface area contributed by atoms with Crippen LogP contribution in [0, 0.1) is 29.9 Å². The minimum Gasteiger partial charge on any atom is -0.480 e. The van der Waals surface area contributed by atoms with E-state index in [9.17, 15) is 8.78 Å². The second kappa shape index (κ2) is 9.51. The highest BCUT2D eigenvalue weighted by molar-refractivity contribution is 5.85. The zero-order valence-electron chi connectivity index (χ0n) is 18.8. The lowest BCUT2D eigenvalue weighted by Gasteiger charge is -2.33. The quantitative estimate of drug-likeness (QED) is 0.620. The lowest BCUT2D eigenvalue weighted by molar-refractivity contribution is 0.396. The normalized spacial score (nSPS) is 15.9. The number of rotatable bonds is 5. The molecule has 170 valence electrons. The molecule has 1 aromatic heterocycles. The smallest absolute Gasteiger partial charge is 0.229 e. The highest BCUT2D eigenvalue weighted by Gasteiger charge is 2.25. The molecule has 3 aromatic rings. The fourth-order valence-electron chi connectivity index (χ4n) is 4.08. The lowest BCUT2D eigenvalue weighted by atomic mass is 9.98. The number of aryl methyl sites for hydroxylation is 1. The molecule has 0 amide bonds. The molecule has 1 aliphatic heterocycles. The molecular weight excluding hydrogens is 424 g/mol. The zero-order valence-corrected chi connectivity index (χ0v) is 18.8. The summed E-state index contributed by atoms with van der Waals surface area (Å²) in [6.45, 7) is 3.18. The summed E-state index contributed by atoms with van der Waals surface area (Å²) in [5.74, 6) is -0.288. The Kier molecular flexibility index (Phi) is 6.52. The number of hydrogen-bond acceptors (Lipinski definition) is 6. The van der Waals surface area contributed by atoms with Gasteiger partial charge in [0, 0.05) is 24.7 Å². The van der Waals surface area contributed by atoms with Gasteiger partial charge in [0.25, 0.3) is 0 Å². The van der Waals surface area contributed by atoms with Gasteiger partial charge in [-0.2, -0.15) is 10.2 Å². The third-order valence-electron chi connectivity index (χ3n) is 5.99. The second-order valence-corrected chi connectivity index (χ2v) is 8.10. The third kappa shape index (κ3) is 4.50. The molecule has 1 atom stereocenters. The largest absolute Gasteiger partial charge is 0.480 e. The van der Waals surface area contributed by atoms with Crippen molar-refractivity contribution in [1.82, 2.24) is 15.3 Å². The van der Waals surface area contributed by atoms with Crippen LogP contribution in [0.5, 0.6) is 5.88 Å². The van der Waals surface area contributed by atoms with Crippen molar-refractivity contribution >= 4 is 5.95 Å². The molecule has 1 saturated heterocycles. The number of aromatic nitrogens is 2. The Labute approximate surface area is 191 Å². The van der Waals surface area contributed by atoms with Gasteiger partial charge in [0.1, 0.15) is 17.7 Å². The minimum absolute atomic E-state index is 0.0594. The number of methoxy groups -OCH3 is 1. The number of piperidine rings is 1. The van der Waals surface area contributed by atoms with Crippen LogP contribution >= 0.6 is 0 Å². The number of anilines is 1. The van der Waals surface area contributed by atoms with Gasteiger partial charge in [-0.05, 0) is 56.1 Å². The van der Waals surface area contributed by atoms with Crippen molar-refractivity contribution in [3.63, 3.8) is 0 Å². The number of ether oxygens (including phenoxy) is 1. The molecule has 0 aliphatic carbocycles. The van der Waals surface area contributed by atoms with E-state index in [-0.39, 0.29) is 17.3 Å². The van der Waals surface area contributed by atoms with Crippen LogP contribution in [0.1, 0.15) is 24.0 Å². The van der Waals surface area contributed by atoms with Crippen LogP contribution < -0.4 is 15.0 Å². The first kappa shape index (κ1) is 22.6. The Morgan fingerprint density at radius 2 is 1.88 bits per heavy atom. The van der Waals surface area contributed by atoms with Crippen molar-refractivity contribution in [1.29, 1.82) is 5.26 Å². The van der Waals surface area contributed by atoms with E-state index in [1.165, 1.54) is 25.3 Å². The Morgan fingerprint density at radius 1 is 1.12 bits per heavy atom. The van der Waals surface area contributed by atoms with Crippen LogP contribution in [0.25, 0.3) is 22.4 Å². The molecule has 0 spiro atoms. The fourth-order valence-corrected chi connectivity index (χ4v) is 4.08. The van der Waals surface area contributed by atoms with Crippen LogP contribution in [0.4, 0.5) is 14.7 Å². The summed E-state index contributed by atoms with van der Waals surface area (Å²) in [5, 5.41) is 12.4. The predicted octanol–water partition coefficient (Wildman–Crippen LogP) is 4.47. The van der Waals surface area contributed by atoms with E-state index in [1.54, 1.807) is 25.1 Å². The summed E-state index contributed by atoms with van der Waals surface area (Å²) < 4.78 is 34.6. The van der Waals surface area contributed by atoms with E-state index in [4.69, 9.17) is 15.0 Å². The molecule has 0 saturated carbocycles. The second-order valence-electron chi connectivity index (χ2n) is 8.10. The third-order valence-corrected chi connectivity index (χ3v) is 5.99. The van der Waals surface area contributed by atoms with Gasteiger partial charge >= 0.3 is 0 Å². The van der Waals surface area contributed by atoms with Crippen LogP contribution in [-0.4, -0.2) is 43.3 Å². The van der Waals surface area contributed by atoms with Crippen LogP contribution in [0.15, 0.2) is 36.4 Å². The number of nitriles is 1. The Morgan fingerprint density at radius 3 is 2.55 bits per heavy atom. The minimum atomic E-state index is -0.650. The average molecular weight is 450 g/mol. The van der Waals surface area contributed by atoms with E-state index in [0.29, 0.717) is 39.9 Å². The average Bonchev–Trinajstić information content (AvgIpc) is 2.84. The SMILES string of the molecule is CNC1CCCN(c2nc(OC)c(-c3ccc(C)c(F)c3)c(-c3ccc(C#N)c(F)c3)n2)C1. The van der Waals surface area contributed by atoms with Gasteiger partial charge in [-0.25, -0.2) is 13.8 Å². The predicted molar refractivity (Wildman–Crippen MR) is 123 cm³/mol. The Balaban J connectivity index is 1.94. The van der Waals surface area contributed by atoms with Crippen LogP contribution in [0.3, 0.4) is 0 Å². The molecule has 1 N–H and O–H groups in total. The molecule has 2 aromatic carbocycles. The van der Waals surface area contributed by atoms with Crippen molar-refractivity contribution in [2.75, 3.05) is 32.1 Å². The highest BCUT2D eigenvalue weighted by Crippen LogP contribution is 2.39. The van der Waals surface area contributed by atoms with Gasteiger partial charge in [0.05, 0.1) is 23.9 Å². The molecular formula is C25H25F2N5O. The molecule has 1 aliphatic rings. The number of likely N-dealkylation sites (N-methyl/N-ethyl adjacent to an activating group) is 1. The summed E-state index contributed by atoms with van der Waals surface area (Å²) in [6, 6.07) is 11.3. The molecule has 1 fully saturated rings. The van der Waals surface area contributed by atoms with Gasteiger partial charge in [-0.15, -0.1) is 0 Å². The number of hydrogen-bond donors (Lipinski definition) is 1. The van der Waals surface area contributed by atoms with Crippen LogP contribution in [0.2, 0.25) is 0 Å². The van der Waals surface area contributed by atoms with Crippen LogP contribution in [-0.2, 0) is 0 Å². The highest BCUT2D eigenvalue weighted by atomic mass is 19.1. The van der Waals surface area contributed by atoms with Crippen molar-refractivity contribution in [2.24, 2.45) is 0 Å². The molecule has 0 radical (unpaired) electrons. The topological polar surface area (TPSA) is 74.1 Å². The molecule has 6 nitrogen and oxygen atoms in total. The molecule has 33 heavy (non-hydrogen) atoms.